The Kier molecular flexibility index (Phi) is 5.15. The third kappa shape index (κ3) is 3.79. The van der Waals surface area contributed by atoms with Gasteiger partial charge in [-0.2, -0.15) is 0 Å². The summed E-state index contributed by atoms with van der Waals surface area (Å²) >= 11 is 0. The van der Waals surface area contributed by atoms with Gasteiger partial charge in [0.05, 0.1) is 11.7 Å². The maximum atomic E-state index is 14.0. The van der Waals surface area contributed by atoms with Crippen LogP contribution < -0.4 is 0 Å². The molecular formula is C23H20F2N2O. The number of hydrogen-bond donors (Lipinski definition) is 0. The zero-order valence-electron chi connectivity index (χ0n) is 15.3. The van der Waals surface area contributed by atoms with Crippen molar-refractivity contribution in [1.82, 2.24) is 9.88 Å². The van der Waals surface area contributed by atoms with Gasteiger partial charge >= 0.3 is 0 Å². The summed E-state index contributed by atoms with van der Waals surface area (Å²) in [4.78, 5) is 19.4. The number of rotatable bonds is 4. The van der Waals surface area contributed by atoms with E-state index in [0.717, 1.165) is 24.2 Å². The fourth-order valence-electron chi connectivity index (χ4n) is 3.69. The first-order valence-electron chi connectivity index (χ1n) is 9.37. The molecule has 0 spiro atoms. The van der Waals surface area contributed by atoms with Gasteiger partial charge in [-0.1, -0.05) is 24.3 Å². The molecule has 0 saturated carbocycles. The van der Waals surface area contributed by atoms with Gasteiger partial charge in [0.2, 0.25) is 0 Å². The van der Waals surface area contributed by atoms with Crippen molar-refractivity contribution in [3.05, 3.63) is 101 Å². The number of nitrogens with zero attached hydrogens (tertiary/aromatic N) is 2. The molecule has 2 heterocycles. The van der Waals surface area contributed by atoms with E-state index in [4.69, 9.17) is 4.98 Å². The lowest BCUT2D eigenvalue weighted by Gasteiger charge is -2.25. The topological polar surface area (TPSA) is 33.2 Å². The number of pyridine rings is 1. The number of carbonyl (C=O) groups excluding carboxylic acids is 1. The minimum Gasteiger partial charge on any atom is -0.330 e. The second-order valence-electron chi connectivity index (χ2n) is 6.99. The quantitative estimate of drug-likeness (QED) is 0.645. The molecule has 1 amide bonds. The van der Waals surface area contributed by atoms with E-state index in [1.807, 2.05) is 24.3 Å². The van der Waals surface area contributed by atoms with Gasteiger partial charge in [0.1, 0.15) is 11.6 Å². The molecule has 3 nitrogen and oxygen atoms in total. The monoisotopic (exact) mass is 378 g/mol. The Balaban J connectivity index is 1.57. The van der Waals surface area contributed by atoms with Crippen LogP contribution in [0.4, 0.5) is 8.78 Å². The molecule has 4 rings (SSSR count). The molecule has 1 atom stereocenters. The van der Waals surface area contributed by atoms with Gasteiger partial charge in [0, 0.05) is 24.2 Å². The van der Waals surface area contributed by atoms with Crippen LogP contribution in [0.15, 0.2) is 66.7 Å². The number of benzene rings is 2. The van der Waals surface area contributed by atoms with Crippen LogP contribution in [0.5, 0.6) is 0 Å². The molecule has 1 saturated heterocycles. The van der Waals surface area contributed by atoms with Gasteiger partial charge < -0.3 is 4.90 Å². The number of likely N-dealkylation sites (tertiary alicyclic amines) is 1. The molecule has 1 fully saturated rings. The van der Waals surface area contributed by atoms with E-state index in [0.29, 0.717) is 24.1 Å². The first kappa shape index (κ1) is 18.3. The Hall–Kier alpha value is -3.08. The third-order valence-corrected chi connectivity index (χ3v) is 5.10. The van der Waals surface area contributed by atoms with Gasteiger partial charge in [0.25, 0.3) is 5.91 Å². The first-order valence-corrected chi connectivity index (χ1v) is 9.37. The number of aromatic nitrogens is 1. The predicted molar refractivity (Wildman–Crippen MR) is 103 cm³/mol. The SMILES string of the molecule is O=C(c1ccc(F)cc1)N1CCCC1c1cccc(Cc2ccccc2F)n1. The fraction of sp³-hybridized carbons (Fsp3) is 0.217. The van der Waals surface area contributed by atoms with E-state index in [2.05, 4.69) is 0 Å². The Morgan fingerprint density at radius 3 is 2.57 bits per heavy atom. The number of amides is 1. The van der Waals surface area contributed by atoms with E-state index in [9.17, 15) is 13.6 Å². The summed E-state index contributed by atoms with van der Waals surface area (Å²) in [5, 5.41) is 0. The van der Waals surface area contributed by atoms with Crippen LogP contribution in [-0.4, -0.2) is 22.3 Å². The standard InChI is InChI=1S/C23H20F2N2O/c24-18-12-10-16(11-13-18)23(28)27-14-4-9-22(27)21-8-3-6-19(26-21)15-17-5-1-2-7-20(17)25/h1-3,5-8,10-13,22H,4,9,14-15H2. The van der Waals surface area contributed by atoms with Crippen molar-refractivity contribution in [2.24, 2.45) is 0 Å². The predicted octanol–water partition coefficient (Wildman–Crippen LogP) is 4.93. The van der Waals surface area contributed by atoms with Crippen LogP contribution in [0.2, 0.25) is 0 Å². The smallest absolute Gasteiger partial charge is 0.254 e. The lowest BCUT2D eigenvalue weighted by Crippen LogP contribution is -2.31. The molecule has 3 aromatic rings. The highest BCUT2D eigenvalue weighted by Crippen LogP contribution is 2.32. The first-order chi connectivity index (χ1) is 13.6. The summed E-state index contributed by atoms with van der Waals surface area (Å²) in [6.07, 6.45) is 2.11. The highest BCUT2D eigenvalue weighted by atomic mass is 19.1. The lowest BCUT2D eigenvalue weighted by molar-refractivity contribution is 0.0732. The molecule has 0 aliphatic carbocycles. The van der Waals surface area contributed by atoms with Crippen molar-refractivity contribution in [3.63, 3.8) is 0 Å². The molecule has 0 N–H and O–H groups in total. The van der Waals surface area contributed by atoms with Crippen molar-refractivity contribution in [2.75, 3.05) is 6.54 Å². The van der Waals surface area contributed by atoms with Crippen LogP contribution in [0.25, 0.3) is 0 Å². The van der Waals surface area contributed by atoms with E-state index in [-0.39, 0.29) is 23.6 Å². The summed E-state index contributed by atoms with van der Waals surface area (Å²) in [6.45, 7) is 0.639. The zero-order chi connectivity index (χ0) is 19.5. The van der Waals surface area contributed by atoms with Gasteiger partial charge in [-0.15, -0.1) is 0 Å². The summed E-state index contributed by atoms with van der Waals surface area (Å²) in [6, 6.07) is 17.8. The van der Waals surface area contributed by atoms with Gasteiger partial charge in [-0.3, -0.25) is 9.78 Å². The molecule has 1 aromatic heterocycles. The summed E-state index contributed by atoms with van der Waals surface area (Å²) in [5.41, 5.74) is 2.64. The van der Waals surface area contributed by atoms with Crippen LogP contribution in [0.1, 0.15) is 46.2 Å². The van der Waals surface area contributed by atoms with Crippen molar-refractivity contribution in [1.29, 1.82) is 0 Å². The number of carbonyl (C=O) groups is 1. The molecule has 1 unspecified atom stereocenters. The minimum absolute atomic E-state index is 0.121. The average Bonchev–Trinajstić information content (AvgIpc) is 3.20. The van der Waals surface area contributed by atoms with Gasteiger partial charge in [-0.25, -0.2) is 8.78 Å². The second-order valence-corrected chi connectivity index (χ2v) is 6.99. The lowest BCUT2D eigenvalue weighted by atomic mass is 10.1. The molecule has 0 radical (unpaired) electrons. The van der Waals surface area contributed by atoms with Crippen molar-refractivity contribution in [3.8, 4) is 0 Å². The normalized spacial score (nSPS) is 16.4. The van der Waals surface area contributed by atoms with Crippen LogP contribution >= 0.6 is 0 Å². The maximum Gasteiger partial charge on any atom is 0.254 e. The Morgan fingerprint density at radius 1 is 1.00 bits per heavy atom. The molecule has 1 aliphatic heterocycles. The van der Waals surface area contributed by atoms with Crippen LogP contribution in [0.3, 0.4) is 0 Å². The third-order valence-electron chi connectivity index (χ3n) is 5.10. The Bertz CT molecular complexity index is 988. The van der Waals surface area contributed by atoms with E-state index in [1.165, 1.54) is 30.3 Å². The fourth-order valence-corrected chi connectivity index (χ4v) is 3.69. The molecule has 5 heteroatoms. The van der Waals surface area contributed by atoms with E-state index < -0.39 is 0 Å². The van der Waals surface area contributed by atoms with Crippen molar-refractivity contribution < 1.29 is 13.6 Å². The molecule has 0 bridgehead atoms. The van der Waals surface area contributed by atoms with Crippen molar-refractivity contribution >= 4 is 5.91 Å². The molecule has 28 heavy (non-hydrogen) atoms. The highest BCUT2D eigenvalue weighted by Gasteiger charge is 2.31. The van der Waals surface area contributed by atoms with Crippen molar-refractivity contribution in [2.45, 2.75) is 25.3 Å². The van der Waals surface area contributed by atoms with Crippen LogP contribution in [-0.2, 0) is 6.42 Å². The van der Waals surface area contributed by atoms with E-state index in [1.54, 1.807) is 17.0 Å². The second kappa shape index (κ2) is 7.89. The summed E-state index contributed by atoms with van der Waals surface area (Å²) < 4.78 is 27.1. The molecule has 1 aliphatic rings. The molecular weight excluding hydrogens is 358 g/mol. The summed E-state index contributed by atoms with van der Waals surface area (Å²) in [7, 11) is 0. The number of halogens is 2. The average molecular weight is 378 g/mol. The van der Waals surface area contributed by atoms with Crippen LogP contribution in [0, 0.1) is 11.6 Å². The molecule has 2 aromatic carbocycles. The van der Waals surface area contributed by atoms with E-state index >= 15 is 0 Å². The molecule has 142 valence electrons. The summed E-state index contributed by atoms with van der Waals surface area (Å²) in [5.74, 6) is -0.732. The number of hydrogen-bond acceptors (Lipinski definition) is 2. The van der Waals surface area contributed by atoms with Gasteiger partial charge in [0.15, 0.2) is 0 Å². The zero-order valence-corrected chi connectivity index (χ0v) is 15.3. The van der Waals surface area contributed by atoms with Gasteiger partial charge in [-0.05, 0) is 60.9 Å². The Morgan fingerprint density at radius 2 is 1.79 bits per heavy atom. The highest BCUT2D eigenvalue weighted by molar-refractivity contribution is 5.94. The maximum absolute atomic E-state index is 14.0. The Labute approximate surface area is 162 Å². The largest absolute Gasteiger partial charge is 0.330 e. The minimum atomic E-state index is -0.364.